The molecule has 1 N–H and O–H groups in total. The fourth-order valence-electron chi connectivity index (χ4n) is 2.48. The van der Waals surface area contributed by atoms with Gasteiger partial charge in [0.25, 0.3) is 0 Å². The summed E-state index contributed by atoms with van der Waals surface area (Å²) in [4.78, 5) is 5.79. The molecule has 1 aromatic heterocycles. The van der Waals surface area contributed by atoms with Crippen molar-refractivity contribution in [2.24, 2.45) is 0 Å². The smallest absolute Gasteiger partial charge is 0.339 e. The standard InChI is InChI=1S/C13H21F3N4O.ClH/c1-9(17-2)7-11-18-12(21-19-11)10-3-5-20(6-4-10)8-13(14,15)16;/h9-10,17H,3-8H2,1-2H3;1H. The maximum Gasteiger partial charge on any atom is 0.401 e. The van der Waals surface area contributed by atoms with Gasteiger partial charge in [-0.3, -0.25) is 4.90 Å². The van der Waals surface area contributed by atoms with E-state index in [0.717, 1.165) is 0 Å². The summed E-state index contributed by atoms with van der Waals surface area (Å²) in [6.07, 6.45) is -2.21. The zero-order chi connectivity index (χ0) is 15.5. The van der Waals surface area contributed by atoms with Gasteiger partial charge in [0.1, 0.15) is 0 Å². The zero-order valence-electron chi connectivity index (χ0n) is 12.7. The van der Waals surface area contributed by atoms with Gasteiger partial charge in [-0.15, -0.1) is 12.4 Å². The molecule has 128 valence electrons. The molecule has 2 heterocycles. The second-order valence-electron chi connectivity index (χ2n) is 5.61. The minimum atomic E-state index is -4.13. The Morgan fingerprint density at radius 3 is 2.55 bits per heavy atom. The van der Waals surface area contributed by atoms with Gasteiger partial charge in [-0.1, -0.05) is 5.16 Å². The van der Waals surface area contributed by atoms with E-state index in [9.17, 15) is 13.2 Å². The van der Waals surface area contributed by atoms with Crippen LogP contribution in [0.3, 0.4) is 0 Å². The molecule has 0 amide bonds. The van der Waals surface area contributed by atoms with Gasteiger partial charge in [-0.25, -0.2) is 0 Å². The Labute approximate surface area is 134 Å². The summed E-state index contributed by atoms with van der Waals surface area (Å²) >= 11 is 0. The Bertz CT molecular complexity index is 447. The van der Waals surface area contributed by atoms with Gasteiger partial charge >= 0.3 is 6.18 Å². The highest BCUT2D eigenvalue weighted by atomic mass is 35.5. The lowest BCUT2D eigenvalue weighted by atomic mass is 9.97. The number of rotatable bonds is 5. The third-order valence-electron chi connectivity index (χ3n) is 3.81. The van der Waals surface area contributed by atoms with Crippen molar-refractivity contribution in [1.29, 1.82) is 0 Å². The minimum absolute atomic E-state index is 0. The van der Waals surface area contributed by atoms with Crippen LogP contribution in [0.1, 0.15) is 37.4 Å². The molecule has 1 fully saturated rings. The lowest BCUT2D eigenvalue weighted by Crippen LogP contribution is -2.39. The van der Waals surface area contributed by atoms with E-state index in [1.807, 2.05) is 14.0 Å². The predicted octanol–water partition coefficient (Wildman–Crippen LogP) is 2.38. The van der Waals surface area contributed by atoms with E-state index in [2.05, 4.69) is 15.5 Å². The van der Waals surface area contributed by atoms with Gasteiger partial charge in [0.05, 0.1) is 6.54 Å². The second-order valence-corrected chi connectivity index (χ2v) is 5.61. The first kappa shape index (κ1) is 19.2. The van der Waals surface area contributed by atoms with E-state index < -0.39 is 12.7 Å². The van der Waals surface area contributed by atoms with Gasteiger partial charge in [-0.05, 0) is 39.9 Å². The van der Waals surface area contributed by atoms with Crippen LogP contribution in [0.25, 0.3) is 0 Å². The number of piperidine rings is 1. The van der Waals surface area contributed by atoms with E-state index >= 15 is 0 Å². The Kier molecular flexibility index (Phi) is 7.08. The van der Waals surface area contributed by atoms with Gasteiger partial charge in [0, 0.05) is 18.4 Å². The maximum absolute atomic E-state index is 12.3. The molecular weight excluding hydrogens is 321 g/mol. The summed E-state index contributed by atoms with van der Waals surface area (Å²) in [6.45, 7) is 2.00. The highest BCUT2D eigenvalue weighted by Gasteiger charge is 2.33. The molecule has 9 heteroatoms. The minimum Gasteiger partial charge on any atom is -0.339 e. The van der Waals surface area contributed by atoms with Crippen molar-refractivity contribution in [2.75, 3.05) is 26.7 Å². The highest BCUT2D eigenvalue weighted by molar-refractivity contribution is 5.85. The molecule has 1 aliphatic heterocycles. The number of nitrogens with zero attached hydrogens (tertiary/aromatic N) is 3. The van der Waals surface area contributed by atoms with Crippen molar-refractivity contribution in [3.63, 3.8) is 0 Å². The van der Waals surface area contributed by atoms with Crippen LogP contribution in [0.2, 0.25) is 0 Å². The van der Waals surface area contributed by atoms with Crippen LogP contribution in [0.15, 0.2) is 4.52 Å². The van der Waals surface area contributed by atoms with Crippen molar-refractivity contribution >= 4 is 12.4 Å². The van der Waals surface area contributed by atoms with Crippen LogP contribution in [0.4, 0.5) is 13.2 Å². The molecule has 0 bridgehead atoms. The van der Waals surface area contributed by atoms with E-state index in [1.54, 1.807) is 0 Å². The number of halogens is 4. The number of nitrogens with one attached hydrogen (secondary N) is 1. The van der Waals surface area contributed by atoms with Crippen LogP contribution < -0.4 is 5.32 Å². The summed E-state index contributed by atoms with van der Waals surface area (Å²) in [5.74, 6) is 1.27. The van der Waals surface area contributed by atoms with Crippen LogP contribution in [0, 0.1) is 0 Å². The van der Waals surface area contributed by atoms with Crippen molar-refractivity contribution in [2.45, 2.75) is 44.3 Å². The van der Waals surface area contributed by atoms with Gasteiger partial charge < -0.3 is 9.84 Å². The largest absolute Gasteiger partial charge is 0.401 e. The predicted molar refractivity (Wildman–Crippen MR) is 78.2 cm³/mol. The van der Waals surface area contributed by atoms with Crippen LogP contribution >= 0.6 is 12.4 Å². The number of hydrogen-bond acceptors (Lipinski definition) is 5. The van der Waals surface area contributed by atoms with E-state index in [1.165, 1.54) is 4.90 Å². The molecule has 2 rings (SSSR count). The third-order valence-corrected chi connectivity index (χ3v) is 3.81. The summed E-state index contributed by atoms with van der Waals surface area (Å²) in [5, 5.41) is 7.03. The Balaban J connectivity index is 0.00000242. The molecule has 1 aromatic rings. The van der Waals surface area contributed by atoms with Gasteiger partial charge in [0.15, 0.2) is 5.82 Å². The van der Waals surface area contributed by atoms with Crippen molar-refractivity contribution in [3.05, 3.63) is 11.7 Å². The monoisotopic (exact) mass is 342 g/mol. The molecule has 0 saturated carbocycles. The first-order chi connectivity index (χ1) is 9.87. The number of likely N-dealkylation sites (tertiary alicyclic amines) is 1. The van der Waals surface area contributed by atoms with Crippen LogP contribution in [0.5, 0.6) is 0 Å². The van der Waals surface area contributed by atoms with Crippen molar-refractivity contribution < 1.29 is 17.7 Å². The average Bonchev–Trinajstić information content (AvgIpc) is 2.86. The lowest BCUT2D eigenvalue weighted by molar-refractivity contribution is -0.148. The molecule has 0 radical (unpaired) electrons. The zero-order valence-corrected chi connectivity index (χ0v) is 13.5. The van der Waals surface area contributed by atoms with Crippen molar-refractivity contribution in [1.82, 2.24) is 20.4 Å². The Hall–Kier alpha value is -0.860. The molecule has 1 aliphatic rings. The summed E-state index contributed by atoms with van der Waals surface area (Å²) in [6, 6.07) is 0.254. The summed E-state index contributed by atoms with van der Waals surface area (Å²) in [5.41, 5.74) is 0. The first-order valence-corrected chi connectivity index (χ1v) is 7.16. The number of alkyl halides is 3. The fraction of sp³-hybridized carbons (Fsp3) is 0.846. The normalized spacial score (nSPS) is 19.0. The number of aromatic nitrogens is 2. The molecule has 0 spiro atoms. The molecule has 1 unspecified atom stereocenters. The average molecular weight is 343 g/mol. The van der Waals surface area contributed by atoms with E-state index in [-0.39, 0.29) is 24.4 Å². The summed E-state index contributed by atoms with van der Waals surface area (Å²) in [7, 11) is 1.86. The second kappa shape index (κ2) is 8.12. The van der Waals surface area contributed by atoms with Gasteiger partial charge in [-0.2, -0.15) is 18.2 Å². The summed E-state index contributed by atoms with van der Waals surface area (Å²) < 4.78 is 42.2. The molecular formula is C13H22ClF3N4O. The molecule has 0 aromatic carbocycles. The van der Waals surface area contributed by atoms with Crippen LogP contribution in [-0.2, 0) is 6.42 Å². The van der Waals surface area contributed by atoms with Gasteiger partial charge in [0.2, 0.25) is 5.89 Å². The first-order valence-electron chi connectivity index (χ1n) is 7.16. The topological polar surface area (TPSA) is 54.2 Å². The maximum atomic E-state index is 12.3. The number of hydrogen-bond donors (Lipinski definition) is 1. The third kappa shape index (κ3) is 5.73. The fourth-order valence-corrected chi connectivity index (χ4v) is 2.48. The van der Waals surface area contributed by atoms with Crippen molar-refractivity contribution in [3.8, 4) is 0 Å². The Morgan fingerprint density at radius 1 is 1.36 bits per heavy atom. The Morgan fingerprint density at radius 2 is 2.00 bits per heavy atom. The van der Waals surface area contributed by atoms with E-state index in [0.29, 0.717) is 44.1 Å². The molecule has 1 atom stereocenters. The SMILES string of the molecule is CNC(C)Cc1noc(C2CCN(CC(F)(F)F)CC2)n1.Cl. The highest BCUT2D eigenvalue weighted by Crippen LogP contribution is 2.28. The van der Waals surface area contributed by atoms with E-state index in [4.69, 9.17) is 4.52 Å². The molecule has 5 nitrogen and oxygen atoms in total. The molecule has 1 saturated heterocycles. The number of likely N-dealkylation sites (N-methyl/N-ethyl adjacent to an activating group) is 1. The quantitative estimate of drug-likeness (QED) is 0.890. The lowest BCUT2D eigenvalue weighted by Gasteiger charge is -2.30. The molecule has 0 aliphatic carbocycles. The molecule has 22 heavy (non-hydrogen) atoms. The van der Waals surface area contributed by atoms with Crippen LogP contribution in [-0.4, -0.2) is 53.9 Å².